The summed E-state index contributed by atoms with van der Waals surface area (Å²) in [5.74, 6) is 0. The molecule has 0 atom stereocenters. The molecule has 96 valence electrons. The van der Waals surface area contributed by atoms with E-state index in [0.29, 0.717) is 5.65 Å². The van der Waals surface area contributed by atoms with E-state index in [-0.39, 0.29) is 12.1 Å². The van der Waals surface area contributed by atoms with Crippen LogP contribution in [-0.2, 0) is 0 Å². The summed E-state index contributed by atoms with van der Waals surface area (Å²) in [6.07, 6.45) is 7.66. The zero-order chi connectivity index (χ0) is 13.1. The van der Waals surface area contributed by atoms with Crippen molar-refractivity contribution in [1.82, 2.24) is 14.5 Å². The van der Waals surface area contributed by atoms with Gasteiger partial charge in [0.1, 0.15) is 0 Å². The number of hydrogen-bond acceptors (Lipinski definition) is 3. The van der Waals surface area contributed by atoms with E-state index in [0.717, 1.165) is 23.9 Å². The average molecular weight is 245 g/mol. The molecule has 18 heavy (non-hydrogen) atoms. The van der Waals surface area contributed by atoms with Gasteiger partial charge < -0.3 is 5.11 Å². The highest BCUT2D eigenvalue weighted by molar-refractivity contribution is 5.75. The fraction of sp³-hybridized carbons (Fsp3) is 0.429. The Bertz CT molecular complexity index is 568. The van der Waals surface area contributed by atoms with E-state index in [1.807, 2.05) is 29.7 Å². The van der Waals surface area contributed by atoms with Crippen molar-refractivity contribution in [1.29, 1.82) is 0 Å². The molecule has 0 saturated heterocycles. The predicted molar refractivity (Wildman–Crippen MR) is 73.5 cm³/mol. The molecular formula is C14H19N3O. The lowest BCUT2D eigenvalue weighted by atomic mass is 10.1. The molecule has 2 aromatic rings. The number of hydrogen-bond donors (Lipinski definition) is 1. The van der Waals surface area contributed by atoms with Gasteiger partial charge in [-0.15, -0.1) is 0 Å². The molecule has 0 fully saturated rings. The van der Waals surface area contributed by atoms with Gasteiger partial charge in [0, 0.05) is 12.2 Å². The second kappa shape index (κ2) is 5.21. The van der Waals surface area contributed by atoms with Crippen molar-refractivity contribution in [2.24, 2.45) is 0 Å². The number of aromatic hydroxyl groups is 1. The van der Waals surface area contributed by atoms with Gasteiger partial charge in [-0.2, -0.15) is 4.98 Å². The van der Waals surface area contributed by atoms with Crippen LogP contribution < -0.4 is 0 Å². The van der Waals surface area contributed by atoms with Gasteiger partial charge in [0.05, 0.1) is 5.52 Å². The van der Waals surface area contributed by atoms with E-state index < -0.39 is 0 Å². The Balaban J connectivity index is 2.63. The SMILES string of the molecule is CC=Cc1cnc2nc(O)n(C(CC)CC)c2c1. The van der Waals surface area contributed by atoms with Gasteiger partial charge in [-0.25, -0.2) is 4.98 Å². The van der Waals surface area contributed by atoms with Crippen molar-refractivity contribution in [3.8, 4) is 6.01 Å². The number of pyridine rings is 1. The third-order valence-corrected chi connectivity index (χ3v) is 3.22. The number of rotatable bonds is 4. The summed E-state index contributed by atoms with van der Waals surface area (Å²) in [4.78, 5) is 8.40. The number of imidazole rings is 1. The molecule has 4 heteroatoms. The minimum Gasteiger partial charge on any atom is -0.480 e. The van der Waals surface area contributed by atoms with Crippen LogP contribution in [0.5, 0.6) is 6.01 Å². The molecule has 2 aromatic heterocycles. The monoisotopic (exact) mass is 245 g/mol. The fourth-order valence-electron chi connectivity index (χ4n) is 2.28. The van der Waals surface area contributed by atoms with Gasteiger partial charge >= 0.3 is 0 Å². The molecule has 2 rings (SSSR count). The van der Waals surface area contributed by atoms with Crippen molar-refractivity contribution < 1.29 is 5.11 Å². The van der Waals surface area contributed by atoms with Crippen molar-refractivity contribution in [2.75, 3.05) is 0 Å². The van der Waals surface area contributed by atoms with Gasteiger partial charge in [-0.3, -0.25) is 4.57 Å². The van der Waals surface area contributed by atoms with E-state index in [4.69, 9.17) is 0 Å². The van der Waals surface area contributed by atoms with Crippen LogP contribution in [0.2, 0.25) is 0 Å². The average Bonchev–Trinajstić information content (AvgIpc) is 2.68. The quantitative estimate of drug-likeness (QED) is 0.896. The van der Waals surface area contributed by atoms with Crippen LogP contribution in [0, 0.1) is 0 Å². The number of allylic oxidation sites excluding steroid dienone is 1. The van der Waals surface area contributed by atoms with Crippen molar-refractivity contribution in [3.63, 3.8) is 0 Å². The molecular weight excluding hydrogens is 226 g/mol. The van der Waals surface area contributed by atoms with Crippen LogP contribution in [0.4, 0.5) is 0 Å². The maximum absolute atomic E-state index is 9.98. The van der Waals surface area contributed by atoms with Crippen LogP contribution in [0.15, 0.2) is 18.3 Å². The highest BCUT2D eigenvalue weighted by Gasteiger charge is 2.16. The van der Waals surface area contributed by atoms with Crippen LogP contribution >= 0.6 is 0 Å². The molecule has 4 nitrogen and oxygen atoms in total. The molecule has 0 saturated carbocycles. The van der Waals surface area contributed by atoms with Crippen LogP contribution in [-0.4, -0.2) is 19.6 Å². The van der Waals surface area contributed by atoms with Crippen molar-refractivity contribution in [3.05, 3.63) is 23.9 Å². The lowest BCUT2D eigenvalue weighted by Crippen LogP contribution is -2.06. The number of fused-ring (bicyclic) bond motifs is 1. The van der Waals surface area contributed by atoms with E-state index in [1.165, 1.54) is 0 Å². The third kappa shape index (κ3) is 2.10. The Labute approximate surface area is 107 Å². The molecule has 2 heterocycles. The van der Waals surface area contributed by atoms with Crippen LogP contribution in [0.3, 0.4) is 0 Å². The largest absolute Gasteiger partial charge is 0.480 e. The summed E-state index contributed by atoms with van der Waals surface area (Å²) < 4.78 is 1.88. The molecule has 1 N–H and O–H groups in total. The zero-order valence-corrected chi connectivity index (χ0v) is 11.1. The Kier molecular flexibility index (Phi) is 3.65. The third-order valence-electron chi connectivity index (χ3n) is 3.22. The van der Waals surface area contributed by atoms with E-state index >= 15 is 0 Å². The summed E-state index contributed by atoms with van der Waals surface area (Å²) in [6, 6.07) is 2.34. The number of aromatic nitrogens is 3. The van der Waals surface area contributed by atoms with E-state index in [9.17, 15) is 5.11 Å². The van der Waals surface area contributed by atoms with E-state index in [2.05, 4.69) is 23.8 Å². The second-order valence-electron chi connectivity index (χ2n) is 4.36. The second-order valence-corrected chi connectivity index (χ2v) is 4.36. The van der Waals surface area contributed by atoms with Gasteiger partial charge in [-0.1, -0.05) is 26.0 Å². The molecule has 0 aliphatic heterocycles. The molecule has 0 radical (unpaired) electrons. The molecule has 0 aliphatic carbocycles. The normalized spacial score (nSPS) is 12.0. The molecule has 0 amide bonds. The minimum atomic E-state index is 0.0591. The Hall–Kier alpha value is -1.84. The number of nitrogens with zero attached hydrogens (tertiary/aromatic N) is 3. The first-order valence-corrected chi connectivity index (χ1v) is 6.40. The smallest absolute Gasteiger partial charge is 0.296 e. The standard InChI is InChI=1S/C14H19N3O/c1-4-7-10-8-12-13(15-9-10)16-14(18)17(12)11(5-2)6-3/h4,7-9,11H,5-6H2,1-3H3,(H,15,16,18). The first-order valence-electron chi connectivity index (χ1n) is 6.40. The summed E-state index contributed by atoms with van der Waals surface area (Å²) in [6.45, 7) is 6.20. The maximum Gasteiger partial charge on any atom is 0.296 e. The fourth-order valence-corrected chi connectivity index (χ4v) is 2.28. The van der Waals surface area contributed by atoms with Crippen molar-refractivity contribution >= 4 is 17.2 Å². The Morgan fingerprint density at radius 2 is 2.11 bits per heavy atom. The van der Waals surface area contributed by atoms with Crippen LogP contribution in [0.1, 0.15) is 45.2 Å². The predicted octanol–water partition coefficient (Wildman–Crippen LogP) is 3.53. The first kappa shape index (κ1) is 12.6. The summed E-state index contributed by atoms with van der Waals surface area (Å²) in [5, 5.41) is 9.98. The summed E-state index contributed by atoms with van der Waals surface area (Å²) in [7, 11) is 0. The summed E-state index contributed by atoms with van der Waals surface area (Å²) >= 11 is 0. The highest BCUT2D eigenvalue weighted by atomic mass is 16.3. The minimum absolute atomic E-state index is 0.0591. The van der Waals surface area contributed by atoms with Gasteiger partial charge in [0.25, 0.3) is 6.01 Å². The molecule has 0 spiro atoms. The molecule has 0 bridgehead atoms. The topological polar surface area (TPSA) is 50.9 Å². The van der Waals surface area contributed by atoms with Crippen LogP contribution in [0.25, 0.3) is 17.2 Å². The maximum atomic E-state index is 9.98. The van der Waals surface area contributed by atoms with Gasteiger partial charge in [0.2, 0.25) is 0 Å². The lowest BCUT2D eigenvalue weighted by Gasteiger charge is -2.15. The van der Waals surface area contributed by atoms with Gasteiger partial charge in [0.15, 0.2) is 5.65 Å². The lowest BCUT2D eigenvalue weighted by molar-refractivity contribution is 0.361. The van der Waals surface area contributed by atoms with Gasteiger partial charge in [-0.05, 0) is 31.4 Å². The Morgan fingerprint density at radius 3 is 2.72 bits per heavy atom. The van der Waals surface area contributed by atoms with Crippen molar-refractivity contribution in [2.45, 2.75) is 39.7 Å². The summed E-state index contributed by atoms with van der Waals surface area (Å²) in [5.41, 5.74) is 2.53. The first-order chi connectivity index (χ1) is 8.71. The highest BCUT2D eigenvalue weighted by Crippen LogP contribution is 2.28. The van der Waals surface area contributed by atoms with E-state index in [1.54, 1.807) is 6.20 Å². The molecule has 0 unspecified atom stereocenters. The Morgan fingerprint density at radius 1 is 1.39 bits per heavy atom. The zero-order valence-electron chi connectivity index (χ0n) is 11.1. The molecule has 0 aliphatic rings. The molecule has 0 aromatic carbocycles.